The summed E-state index contributed by atoms with van der Waals surface area (Å²) in [7, 11) is 0. The molecule has 0 unspecified atom stereocenters. The Labute approximate surface area is 97.1 Å². The number of Topliss-reactive ketones (excluding diaryl/α,β-unsaturated/α-hetero) is 1. The van der Waals surface area contributed by atoms with Crippen LogP contribution in [-0.4, -0.2) is 12.4 Å². The lowest BCUT2D eigenvalue weighted by atomic mass is 10.1. The maximum atomic E-state index is 11.9. The second-order valence-corrected chi connectivity index (χ2v) is 4.22. The van der Waals surface area contributed by atoms with Crippen molar-refractivity contribution in [1.82, 2.24) is 0 Å². The number of ketones is 1. The third-order valence-electron chi connectivity index (χ3n) is 2.41. The molecule has 1 aliphatic rings. The highest BCUT2D eigenvalue weighted by atomic mass is 79.9. The van der Waals surface area contributed by atoms with Crippen molar-refractivity contribution in [3.05, 3.63) is 45.6 Å². The Balaban J connectivity index is 2.37. The topological polar surface area (TPSA) is 26.3 Å². The van der Waals surface area contributed by atoms with Gasteiger partial charge in [0.1, 0.15) is 0 Å². The third kappa shape index (κ3) is 1.84. The summed E-state index contributed by atoms with van der Waals surface area (Å²) >= 11 is 3.45. The van der Waals surface area contributed by atoms with Gasteiger partial charge in [-0.1, -0.05) is 28.1 Å². The highest BCUT2D eigenvalue weighted by molar-refractivity contribution is 9.10. The van der Waals surface area contributed by atoms with Crippen LogP contribution in [0, 0.1) is 0 Å². The summed E-state index contributed by atoms with van der Waals surface area (Å²) in [5, 5.41) is 0. The summed E-state index contributed by atoms with van der Waals surface area (Å²) in [5.74, 6) is 0.0831. The molecular weight excluding hydrogens is 256 g/mol. The summed E-state index contributed by atoms with van der Waals surface area (Å²) in [4.78, 5) is 11.9. The van der Waals surface area contributed by atoms with Gasteiger partial charge in [0, 0.05) is 22.0 Å². The maximum absolute atomic E-state index is 11.9. The predicted octanol–water partition coefficient (Wildman–Crippen LogP) is 3.11. The molecular formula is C12H11BrO2. The van der Waals surface area contributed by atoms with E-state index in [4.69, 9.17) is 4.74 Å². The average Bonchev–Trinajstić information content (AvgIpc) is 2.55. The summed E-state index contributed by atoms with van der Waals surface area (Å²) in [6.45, 7) is 2.49. The van der Waals surface area contributed by atoms with Gasteiger partial charge in [0.05, 0.1) is 12.9 Å². The van der Waals surface area contributed by atoms with Crippen molar-refractivity contribution in [3.8, 4) is 0 Å². The fourth-order valence-corrected chi connectivity index (χ4v) is 2.18. The van der Waals surface area contributed by atoms with Crippen molar-refractivity contribution >= 4 is 21.7 Å². The number of carbonyl (C=O) groups is 1. The Morgan fingerprint density at radius 3 is 3.00 bits per heavy atom. The molecule has 0 saturated heterocycles. The van der Waals surface area contributed by atoms with Crippen LogP contribution in [0.3, 0.4) is 0 Å². The van der Waals surface area contributed by atoms with E-state index in [0.29, 0.717) is 13.0 Å². The van der Waals surface area contributed by atoms with Crippen LogP contribution in [0.2, 0.25) is 0 Å². The van der Waals surface area contributed by atoms with Crippen LogP contribution in [-0.2, 0) is 11.2 Å². The molecule has 0 fully saturated rings. The number of halogens is 1. The number of benzene rings is 1. The lowest BCUT2D eigenvalue weighted by molar-refractivity contribution is 0.103. The molecule has 0 aromatic heterocycles. The minimum Gasteiger partial charge on any atom is -0.501 e. The van der Waals surface area contributed by atoms with Gasteiger partial charge in [-0.2, -0.15) is 0 Å². The molecule has 0 bridgehead atoms. The monoisotopic (exact) mass is 266 g/mol. The molecule has 0 saturated carbocycles. The van der Waals surface area contributed by atoms with Crippen molar-refractivity contribution < 1.29 is 9.53 Å². The van der Waals surface area contributed by atoms with Crippen LogP contribution in [0.25, 0.3) is 0 Å². The summed E-state index contributed by atoms with van der Waals surface area (Å²) in [6.07, 6.45) is 2.24. The first-order chi connectivity index (χ1) is 7.24. The number of hydrogen-bond donors (Lipinski definition) is 0. The number of carbonyl (C=O) groups excluding carboxylic acids is 1. The molecule has 0 N–H and O–H groups in total. The fraction of sp³-hybridized carbons (Fsp3) is 0.250. The van der Waals surface area contributed by atoms with Crippen molar-refractivity contribution in [2.45, 2.75) is 13.3 Å². The molecule has 0 amide bonds. The van der Waals surface area contributed by atoms with E-state index < -0.39 is 0 Å². The normalized spacial score (nSPS) is 16.9. The van der Waals surface area contributed by atoms with Crippen LogP contribution < -0.4 is 0 Å². The Hall–Kier alpha value is -1.09. The largest absolute Gasteiger partial charge is 0.501 e. The summed E-state index contributed by atoms with van der Waals surface area (Å²) in [5.41, 5.74) is 2.59. The van der Waals surface area contributed by atoms with E-state index in [1.807, 2.05) is 25.1 Å². The standard InChI is InChI=1S/C12H11BrO2/c1-2-15-7-8-6-10-9(12(8)14)4-3-5-11(10)13/h3-5,7H,2,6H2,1H3/b8-7+. The van der Waals surface area contributed by atoms with E-state index in [9.17, 15) is 4.79 Å². The van der Waals surface area contributed by atoms with E-state index in [1.165, 1.54) is 0 Å². The molecule has 2 rings (SSSR count). The van der Waals surface area contributed by atoms with Gasteiger partial charge in [-0.15, -0.1) is 0 Å². The molecule has 0 aliphatic heterocycles. The van der Waals surface area contributed by atoms with Crippen molar-refractivity contribution in [2.75, 3.05) is 6.61 Å². The van der Waals surface area contributed by atoms with Crippen molar-refractivity contribution in [3.63, 3.8) is 0 Å². The molecule has 1 aliphatic carbocycles. The van der Waals surface area contributed by atoms with E-state index in [0.717, 1.165) is 21.2 Å². The molecule has 0 atom stereocenters. The molecule has 1 aromatic carbocycles. The minimum atomic E-state index is 0.0831. The first-order valence-electron chi connectivity index (χ1n) is 4.86. The highest BCUT2D eigenvalue weighted by Gasteiger charge is 2.26. The first kappa shape index (κ1) is 10.4. The predicted molar refractivity (Wildman–Crippen MR) is 61.9 cm³/mol. The SMILES string of the molecule is CCO/C=C1\Cc2c(Br)cccc2C1=O. The van der Waals surface area contributed by atoms with E-state index >= 15 is 0 Å². The molecule has 3 heteroatoms. The Morgan fingerprint density at radius 1 is 1.53 bits per heavy atom. The van der Waals surface area contributed by atoms with Gasteiger partial charge in [0.15, 0.2) is 5.78 Å². The van der Waals surface area contributed by atoms with E-state index in [-0.39, 0.29) is 5.78 Å². The minimum absolute atomic E-state index is 0.0831. The maximum Gasteiger partial charge on any atom is 0.192 e. The number of hydrogen-bond acceptors (Lipinski definition) is 2. The molecule has 1 aromatic rings. The van der Waals surface area contributed by atoms with Crippen LogP contribution >= 0.6 is 15.9 Å². The lowest BCUT2D eigenvalue weighted by Crippen LogP contribution is -1.96. The van der Waals surface area contributed by atoms with Gasteiger partial charge in [-0.05, 0) is 18.6 Å². The molecule has 0 heterocycles. The van der Waals surface area contributed by atoms with Crippen LogP contribution in [0.15, 0.2) is 34.5 Å². The van der Waals surface area contributed by atoms with Crippen LogP contribution in [0.4, 0.5) is 0 Å². The zero-order valence-electron chi connectivity index (χ0n) is 8.42. The zero-order valence-corrected chi connectivity index (χ0v) is 10.0. The Morgan fingerprint density at radius 2 is 2.33 bits per heavy atom. The summed E-state index contributed by atoms with van der Waals surface area (Å²) < 4.78 is 6.15. The number of ether oxygens (including phenoxy) is 1. The quantitative estimate of drug-likeness (QED) is 0.608. The Kier molecular flexibility index (Phi) is 2.91. The number of rotatable bonds is 2. The van der Waals surface area contributed by atoms with E-state index in [2.05, 4.69) is 15.9 Å². The van der Waals surface area contributed by atoms with Gasteiger partial charge >= 0.3 is 0 Å². The highest BCUT2D eigenvalue weighted by Crippen LogP contribution is 2.31. The van der Waals surface area contributed by atoms with Gasteiger partial charge in [-0.25, -0.2) is 0 Å². The first-order valence-corrected chi connectivity index (χ1v) is 5.66. The third-order valence-corrected chi connectivity index (χ3v) is 3.16. The second-order valence-electron chi connectivity index (χ2n) is 3.37. The van der Waals surface area contributed by atoms with Crippen molar-refractivity contribution in [2.24, 2.45) is 0 Å². The zero-order chi connectivity index (χ0) is 10.8. The van der Waals surface area contributed by atoms with E-state index in [1.54, 1.807) is 6.26 Å². The van der Waals surface area contributed by atoms with Crippen LogP contribution in [0.1, 0.15) is 22.8 Å². The second kappa shape index (κ2) is 4.19. The summed E-state index contributed by atoms with van der Waals surface area (Å²) in [6, 6.07) is 5.69. The molecule has 0 radical (unpaired) electrons. The molecule has 2 nitrogen and oxygen atoms in total. The van der Waals surface area contributed by atoms with Gasteiger partial charge < -0.3 is 4.74 Å². The Bertz CT molecular complexity index is 435. The fourth-order valence-electron chi connectivity index (χ4n) is 1.67. The van der Waals surface area contributed by atoms with Crippen LogP contribution in [0.5, 0.6) is 0 Å². The lowest BCUT2D eigenvalue weighted by Gasteiger charge is -1.97. The molecule has 78 valence electrons. The van der Waals surface area contributed by atoms with Gasteiger partial charge in [0.25, 0.3) is 0 Å². The molecule has 15 heavy (non-hydrogen) atoms. The van der Waals surface area contributed by atoms with Gasteiger partial charge in [-0.3, -0.25) is 4.79 Å². The molecule has 0 spiro atoms. The number of fused-ring (bicyclic) bond motifs is 1. The average molecular weight is 267 g/mol. The number of allylic oxidation sites excluding steroid dienone is 1. The smallest absolute Gasteiger partial charge is 0.192 e. The van der Waals surface area contributed by atoms with Gasteiger partial charge in [0.2, 0.25) is 0 Å². The van der Waals surface area contributed by atoms with Crippen molar-refractivity contribution in [1.29, 1.82) is 0 Å².